The number of fused-ring (bicyclic) bond motifs is 3. The summed E-state index contributed by atoms with van der Waals surface area (Å²) in [5.74, 6) is -1.64. The zero-order chi connectivity index (χ0) is 26.5. The minimum absolute atomic E-state index is 0.161. The number of carbonyl (C=O) groups is 2. The monoisotopic (exact) mass is 522 g/mol. The van der Waals surface area contributed by atoms with E-state index in [0.29, 0.717) is 30.4 Å². The fraction of sp³-hybridized carbons (Fsp3) is 0.692. The van der Waals surface area contributed by atoms with Gasteiger partial charge in [0.1, 0.15) is 30.5 Å². The second-order valence-corrected chi connectivity index (χ2v) is 10.7. The van der Waals surface area contributed by atoms with Crippen LogP contribution < -0.4 is 0 Å². The van der Waals surface area contributed by atoms with E-state index in [1.54, 1.807) is 12.3 Å². The average Bonchev–Trinajstić information content (AvgIpc) is 3.44. The number of aliphatic hydroxyl groups is 4. The lowest BCUT2D eigenvalue weighted by Gasteiger charge is -2.55. The van der Waals surface area contributed by atoms with Crippen molar-refractivity contribution in [2.24, 2.45) is 17.3 Å². The van der Waals surface area contributed by atoms with Crippen molar-refractivity contribution >= 4 is 11.9 Å². The Bertz CT molecular complexity index is 1030. The minimum atomic E-state index is -1.61. The summed E-state index contributed by atoms with van der Waals surface area (Å²) in [6.07, 6.45) is -2.93. The average molecular weight is 523 g/mol. The van der Waals surface area contributed by atoms with Crippen LogP contribution in [0.2, 0.25) is 0 Å². The van der Waals surface area contributed by atoms with Crippen molar-refractivity contribution in [3.05, 3.63) is 35.3 Å². The van der Waals surface area contributed by atoms with Gasteiger partial charge in [-0.3, -0.25) is 4.79 Å². The van der Waals surface area contributed by atoms with E-state index in [0.717, 1.165) is 12.0 Å². The molecule has 11 nitrogen and oxygen atoms in total. The Morgan fingerprint density at radius 3 is 2.65 bits per heavy atom. The van der Waals surface area contributed by atoms with Crippen LogP contribution in [0.15, 0.2) is 34.2 Å². The van der Waals surface area contributed by atoms with E-state index in [1.165, 1.54) is 13.4 Å². The summed E-state index contributed by atoms with van der Waals surface area (Å²) in [7, 11) is 1.31. The van der Waals surface area contributed by atoms with Gasteiger partial charge in [-0.1, -0.05) is 6.92 Å². The van der Waals surface area contributed by atoms with Gasteiger partial charge in [-0.2, -0.15) is 0 Å². The van der Waals surface area contributed by atoms with E-state index < -0.39 is 66.8 Å². The lowest BCUT2D eigenvalue weighted by molar-refractivity contribution is -0.312. The fourth-order valence-electron chi connectivity index (χ4n) is 6.72. The molecular formula is C26H34O11. The maximum Gasteiger partial charge on any atom is 0.333 e. The molecule has 5 rings (SSSR count). The van der Waals surface area contributed by atoms with E-state index in [2.05, 4.69) is 0 Å². The molecule has 0 amide bonds. The summed E-state index contributed by atoms with van der Waals surface area (Å²) in [4.78, 5) is 26.2. The quantitative estimate of drug-likeness (QED) is 0.403. The number of rotatable bonds is 5. The summed E-state index contributed by atoms with van der Waals surface area (Å²) >= 11 is 0. The summed E-state index contributed by atoms with van der Waals surface area (Å²) in [6.45, 7) is 1.44. The second-order valence-electron chi connectivity index (χ2n) is 10.7. The minimum Gasteiger partial charge on any atom is -0.472 e. The molecular weight excluding hydrogens is 488 g/mol. The first-order valence-electron chi connectivity index (χ1n) is 12.7. The van der Waals surface area contributed by atoms with E-state index in [9.17, 15) is 30.0 Å². The second kappa shape index (κ2) is 10.1. The maximum absolute atomic E-state index is 13.4. The Hall–Kier alpha value is -2.28. The lowest BCUT2D eigenvalue weighted by atomic mass is 9.52. The summed E-state index contributed by atoms with van der Waals surface area (Å²) in [5.41, 5.74) is 1.39. The topological polar surface area (TPSA) is 165 Å². The van der Waals surface area contributed by atoms with Crippen LogP contribution in [0.4, 0.5) is 0 Å². The molecule has 2 aliphatic carbocycles. The van der Waals surface area contributed by atoms with Crippen molar-refractivity contribution in [2.75, 3.05) is 13.7 Å². The molecule has 2 aliphatic heterocycles. The first-order chi connectivity index (χ1) is 17.7. The summed E-state index contributed by atoms with van der Waals surface area (Å²) < 4.78 is 27.9. The van der Waals surface area contributed by atoms with Gasteiger partial charge in [0.2, 0.25) is 0 Å². The van der Waals surface area contributed by atoms with Crippen molar-refractivity contribution in [2.45, 2.75) is 81.9 Å². The third-order valence-corrected chi connectivity index (χ3v) is 8.69. The van der Waals surface area contributed by atoms with Gasteiger partial charge in [-0.05, 0) is 55.1 Å². The van der Waals surface area contributed by atoms with Gasteiger partial charge in [0.25, 0.3) is 0 Å². The molecule has 0 aromatic carbocycles. The molecule has 0 spiro atoms. The molecule has 3 fully saturated rings. The normalized spacial score (nSPS) is 42.0. The molecule has 37 heavy (non-hydrogen) atoms. The lowest BCUT2D eigenvalue weighted by Crippen LogP contribution is -2.61. The Kier molecular flexibility index (Phi) is 7.20. The van der Waals surface area contributed by atoms with Gasteiger partial charge in [-0.15, -0.1) is 0 Å². The summed E-state index contributed by atoms with van der Waals surface area (Å²) in [6, 6.07) is 1.77. The number of furan rings is 1. The van der Waals surface area contributed by atoms with Crippen molar-refractivity contribution in [3.8, 4) is 0 Å². The molecule has 4 aliphatic rings. The molecule has 10 atom stereocenters. The molecule has 3 heterocycles. The molecule has 1 aromatic heterocycles. The van der Waals surface area contributed by atoms with Crippen molar-refractivity contribution in [1.29, 1.82) is 0 Å². The number of methoxy groups -OCH3 is 1. The first-order valence-corrected chi connectivity index (χ1v) is 12.7. The number of hydrogen-bond acceptors (Lipinski definition) is 11. The third-order valence-electron chi connectivity index (χ3n) is 8.69. The highest BCUT2D eigenvalue weighted by Gasteiger charge is 2.59. The molecule has 0 unspecified atom stereocenters. The zero-order valence-corrected chi connectivity index (χ0v) is 20.8. The molecule has 0 bridgehead atoms. The molecule has 204 valence electrons. The van der Waals surface area contributed by atoms with Crippen LogP contribution in [0.3, 0.4) is 0 Å². The van der Waals surface area contributed by atoms with Crippen LogP contribution in [-0.4, -0.2) is 82.9 Å². The number of aliphatic hydroxyl groups excluding tert-OH is 4. The molecule has 4 N–H and O–H groups in total. The van der Waals surface area contributed by atoms with E-state index >= 15 is 0 Å². The van der Waals surface area contributed by atoms with Crippen molar-refractivity contribution in [3.63, 3.8) is 0 Å². The van der Waals surface area contributed by atoms with Gasteiger partial charge in [0.05, 0.1) is 38.3 Å². The first kappa shape index (κ1) is 26.3. The van der Waals surface area contributed by atoms with Crippen LogP contribution in [0, 0.1) is 17.3 Å². The van der Waals surface area contributed by atoms with Crippen LogP contribution in [-0.2, 0) is 28.5 Å². The van der Waals surface area contributed by atoms with E-state index in [-0.39, 0.29) is 18.3 Å². The highest BCUT2D eigenvalue weighted by molar-refractivity contribution is 5.90. The molecule has 0 radical (unpaired) electrons. The standard InChI is InChI=1S/C26H34O11/c1-26-9-17(12-6-7-34-11-12)35-24(32)15(26)8-16(19-13(23(31)33-2)4-3-5-14(19)26)36-25-22(30)21(29)20(28)18(10-27)37-25/h6-7,11,14-18,20-22,25,27-30H,3-5,8-10H2,1-2H3/t14-,15-,16+,17+,18-,20-,21+,22-,25-,26+/m1/s1. The maximum atomic E-state index is 13.4. The van der Waals surface area contributed by atoms with Gasteiger partial charge >= 0.3 is 11.9 Å². The molecule has 11 heteroatoms. The van der Waals surface area contributed by atoms with Crippen molar-refractivity contribution < 1.29 is 53.4 Å². The third kappa shape index (κ3) is 4.41. The predicted octanol–water partition coefficient (Wildman–Crippen LogP) is 0.749. The van der Waals surface area contributed by atoms with Gasteiger partial charge in [-0.25, -0.2) is 4.79 Å². The van der Waals surface area contributed by atoms with Gasteiger partial charge < -0.3 is 43.8 Å². The van der Waals surface area contributed by atoms with Crippen LogP contribution in [0.5, 0.6) is 0 Å². The highest BCUT2D eigenvalue weighted by Crippen LogP contribution is 2.60. The highest BCUT2D eigenvalue weighted by atomic mass is 16.7. The smallest absolute Gasteiger partial charge is 0.333 e. The Morgan fingerprint density at radius 1 is 1.19 bits per heavy atom. The van der Waals surface area contributed by atoms with Gasteiger partial charge in [0, 0.05) is 11.1 Å². The largest absolute Gasteiger partial charge is 0.472 e. The van der Waals surface area contributed by atoms with Gasteiger partial charge in [0.15, 0.2) is 6.29 Å². The molecule has 2 saturated heterocycles. The van der Waals surface area contributed by atoms with E-state index in [1.807, 2.05) is 6.92 Å². The Morgan fingerprint density at radius 2 is 1.97 bits per heavy atom. The predicted molar refractivity (Wildman–Crippen MR) is 123 cm³/mol. The SMILES string of the molecule is COC(=O)C1=C2[C@@H](O[C@@H]3O[C@H](CO)[C@@H](O)[C@H](O)[C@H]3O)C[C@@H]3C(=O)O[C@H](c4ccoc4)C[C@@]3(C)[C@@H]2CCC1. The number of hydrogen-bond donors (Lipinski definition) is 4. The zero-order valence-electron chi connectivity index (χ0n) is 20.8. The summed E-state index contributed by atoms with van der Waals surface area (Å²) in [5, 5.41) is 40.6. The van der Waals surface area contributed by atoms with Crippen LogP contribution >= 0.6 is 0 Å². The number of ether oxygens (including phenoxy) is 4. The van der Waals surface area contributed by atoms with E-state index in [4.69, 9.17) is 23.4 Å². The van der Waals surface area contributed by atoms with Crippen molar-refractivity contribution in [1.82, 2.24) is 0 Å². The molecule has 1 saturated carbocycles. The van der Waals surface area contributed by atoms with Crippen LogP contribution in [0.25, 0.3) is 0 Å². The molecule has 1 aromatic rings. The Balaban J connectivity index is 1.52. The van der Waals surface area contributed by atoms with Crippen LogP contribution in [0.1, 0.15) is 50.7 Å². The fourth-order valence-corrected chi connectivity index (χ4v) is 6.72. The Labute approximate surface area is 213 Å². The number of esters is 2. The number of carbonyl (C=O) groups excluding carboxylic acids is 2. The number of cyclic esters (lactones) is 1.